The number of fused-ring (bicyclic) bond motifs is 1. The van der Waals surface area contributed by atoms with Gasteiger partial charge in [0, 0.05) is 37.7 Å². The molecule has 2 unspecified atom stereocenters. The normalized spacial score (nSPS) is 21.7. The molecule has 1 aromatic carbocycles. The van der Waals surface area contributed by atoms with Crippen LogP contribution in [-0.2, 0) is 29.9 Å². The predicted molar refractivity (Wildman–Crippen MR) is 159 cm³/mol. The summed E-state index contributed by atoms with van der Waals surface area (Å²) in [6, 6.07) is 7.69. The fraction of sp³-hybridized carbons (Fsp3) is 0.633. The number of unbranched alkanes of at least 4 members (excludes halogenated alkanes) is 1. The number of nitrogens with zero attached hydrogens (tertiary/aromatic N) is 2. The van der Waals surface area contributed by atoms with Crippen LogP contribution in [0.25, 0.3) is 11.0 Å². The molecule has 2 amide bonds. The number of hydrogen-bond donors (Lipinski definition) is 1. The largest absolute Gasteiger partial charge is 0.480 e. The van der Waals surface area contributed by atoms with E-state index in [-0.39, 0.29) is 45.1 Å². The first-order valence-corrected chi connectivity index (χ1v) is 16.2. The van der Waals surface area contributed by atoms with Crippen LogP contribution in [0.2, 0.25) is 0 Å². The van der Waals surface area contributed by atoms with E-state index in [4.69, 9.17) is 18.4 Å². The summed E-state index contributed by atoms with van der Waals surface area (Å²) < 4.78 is 36.1. The minimum absolute atomic E-state index is 0.0465. The Bertz CT molecular complexity index is 1280. The quantitative estimate of drug-likeness (QED) is 0.228. The number of ether oxygens (including phenoxy) is 2. The molecule has 1 fully saturated rings. The van der Waals surface area contributed by atoms with Crippen molar-refractivity contribution >= 4 is 36.5 Å². The van der Waals surface area contributed by atoms with Crippen molar-refractivity contribution in [1.82, 2.24) is 9.80 Å². The second-order valence-corrected chi connectivity index (χ2v) is 15.6. The van der Waals surface area contributed by atoms with Gasteiger partial charge in [0.2, 0.25) is 7.37 Å². The number of carboxylic acid groups (broad SMARTS) is 1. The predicted octanol–water partition coefficient (Wildman–Crippen LogP) is 6.73. The van der Waals surface area contributed by atoms with E-state index in [1.54, 1.807) is 54.7 Å². The molecule has 0 saturated carbocycles. The van der Waals surface area contributed by atoms with E-state index < -0.39 is 41.9 Å². The lowest BCUT2D eigenvalue weighted by atomic mass is 9.99. The lowest BCUT2D eigenvalue weighted by Gasteiger charge is -2.45. The van der Waals surface area contributed by atoms with Gasteiger partial charge in [0.25, 0.3) is 0 Å². The highest BCUT2D eigenvalue weighted by molar-refractivity contribution is 7.62. The number of furan rings is 1. The monoisotopic (exact) mass is 608 g/mol. The van der Waals surface area contributed by atoms with Crippen LogP contribution < -0.4 is 0 Å². The van der Waals surface area contributed by atoms with Crippen LogP contribution in [-0.4, -0.2) is 81.8 Å². The lowest BCUT2D eigenvalue weighted by Crippen LogP contribution is -2.54. The molecule has 1 saturated heterocycles. The first kappa shape index (κ1) is 33.6. The molecule has 2 aromatic rings. The molecule has 0 bridgehead atoms. The van der Waals surface area contributed by atoms with Gasteiger partial charge < -0.3 is 23.5 Å². The van der Waals surface area contributed by atoms with E-state index in [0.29, 0.717) is 13.1 Å². The summed E-state index contributed by atoms with van der Waals surface area (Å²) in [6.07, 6.45) is 0.634. The summed E-state index contributed by atoms with van der Waals surface area (Å²) in [5.74, 6) is -1.18. The highest BCUT2D eigenvalue weighted by Gasteiger charge is 2.58. The molecule has 2 atom stereocenters. The third-order valence-electron chi connectivity index (χ3n) is 6.96. The molecule has 2 heterocycles. The van der Waals surface area contributed by atoms with E-state index >= 15 is 0 Å². The average molecular weight is 609 g/mol. The van der Waals surface area contributed by atoms with Crippen LogP contribution in [0.1, 0.15) is 73.3 Å². The molecule has 1 aliphatic heterocycles. The molecule has 0 radical (unpaired) electrons. The highest BCUT2D eigenvalue weighted by Crippen LogP contribution is 2.63. The Morgan fingerprint density at radius 2 is 1.69 bits per heavy atom. The van der Waals surface area contributed by atoms with Crippen LogP contribution in [0.3, 0.4) is 0 Å². The minimum atomic E-state index is -3.59. The fourth-order valence-corrected chi connectivity index (χ4v) is 8.07. The number of carboxylic acids is 1. The minimum Gasteiger partial charge on any atom is -0.480 e. The van der Waals surface area contributed by atoms with Gasteiger partial charge >= 0.3 is 18.2 Å². The van der Waals surface area contributed by atoms with Crippen molar-refractivity contribution in [3.8, 4) is 0 Å². The number of amides is 2. The van der Waals surface area contributed by atoms with Gasteiger partial charge in [0.1, 0.15) is 16.8 Å². The van der Waals surface area contributed by atoms with Crippen molar-refractivity contribution in [3.63, 3.8) is 0 Å². The Kier molecular flexibility index (Phi) is 10.6. The lowest BCUT2D eigenvalue weighted by molar-refractivity contribution is -0.141. The number of rotatable bonds is 10. The molecule has 0 spiro atoms. The first-order chi connectivity index (χ1) is 19.5. The smallest absolute Gasteiger partial charge is 0.419 e. The second kappa shape index (κ2) is 13.2. The van der Waals surface area contributed by atoms with Gasteiger partial charge in [-0.1, -0.05) is 6.07 Å². The molecule has 0 aliphatic carbocycles. The molecule has 1 aromatic heterocycles. The Morgan fingerprint density at radius 3 is 2.26 bits per heavy atom. The van der Waals surface area contributed by atoms with Crippen LogP contribution in [0, 0.1) is 0 Å². The number of benzene rings is 1. The molecule has 11 nitrogen and oxygen atoms in total. The zero-order valence-electron chi connectivity index (χ0n) is 25.8. The summed E-state index contributed by atoms with van der Waals surface area (Å²) in [5.41, 5.74) is 0.0945. The summed E-state index contributed by atoms with van der Waals surface area (Å²) in [7, 11) is -3.59. The second-order valence-electron chi connectivity index (χ2n) is 12.7. The van der Waals surface area contributed by atoms with Crippen LogP contribution in [0.5, 0.6) is 0 Å². The maximum absolute atomic E-state index is 14.1. The van der Waals surface area contributed by atoms with Gasteiger partial charge in [-0.05, 0) is 91.5 Å². The zero-order chi connectivity index (χ0) is 31.3. The zero-order valence-corrected chi connectivity index (χ0v) is 26.7. The molecular formula is C30H45N2O9P. The van der Waals surface area contributed by atoms with E-state index in [2.05, 4.69) is 0 Å². The number of aliphatic carboxylic acids is 1. The van der Waals surface area contributed by atoms with Crippen LogP contribution in [0.4, 0.5) is 9.59 Å². The number of imide groups is 1. The number of hydrogen-bond acceptors (Lipinski definition) is 9. The molecule has 1 aliphatic rings. The topological polar surface area (TPSA) is 136 Å². The third kappa shape index (κ3) is 8.36. The summed E-state index contributed by atoms with van der Waals surface area (Å²) in [5, 5.41) is 9.86. The summed E-state index contributed by atoms with van der Waals surface area (Å²) >= 11 is 0. The van der Waals surface area contributed by atoms with Gasteiger partial charge in [-0.25, -0.2) is 14.5 Å². The summed E-state index contributed by atoms with van der Waals surface area (Å²) in [4.78, 5) is 41.5. The van der Waals surface area contributed by atoms with E-state index in [1.807, 2.05) is 29.2 Å². The van der Waals surface area contributed by atoms with Crippen molar-refractivity contribution in [2.45, 2.75) is 90.6 Å². The molecule has 3 rings (SSSR count). The van der Waals surface area contributed by atoms with Crippen molar-refractivity contribution < 1.29 is 42.5 Å². The maximum atomic E-state index is 14.1. The Morgan fingerprint density at radius 1 is 1.05 bits per heavy atom. The van der Waals surface area contributed by atoms with Crippen molar-refractivity contribution in [3.05, 3.63) is 36.1 Å². The molecular weight excluding hydrogens is 563 g/mol. The Balaban J connectivity index is 1.77. The van der Waals surface area contributed by atoms with Crippen LogP contribution in [0.15, 0.2) is 34.9 Å². The van der Waals surface area contributed by atoms with Crippen molar-refractivity contribution in [1.29, 1.82) is 0 Å². The molecule has 234 valence electrons. The van der Waals surface area contributed by atoms with Crippen molar-refractivity contribution in [2.75, 3.05) is 32.4 Å². The van der Waals surface area contributed by atoms with Gasteiger partial charge in [-0.2, -0.15) is 0 Å². The Labute approximate surface area is 247 Å². The number of carbonyl (C=O) groups is 3. The van der Waals surface area contributed by atoms with Gasteiger partial charge in [0.15, 0.2) is 5.16 Å². The van der Waals surface area contributed by atoms with E-state index in [0.717, 1.165) is 21.4 Å². The SMILES string of the molecule is CCOP1(=O)CCN(Cc2ccc3occc3c2)CC1(CCCCN(C(=O)OC(C)(C)C)C(=O)OC(C)(C)C)C(=O)O. The first-order valence-electron chi connectivity index (χ1n) is 14.4. The van der Waals surface area contributed by atoms with Gasteiger partial charge in [-0.15, -0.1) is 0 Å². The fourth-order valence-electron chi connectivity index (χ4n) is 5.10. The van der Waals surface area contributed by atoms with Crippen LogP contribution >= 0.6 is 7.37 Å². The highest BCUT2D eigenvalue weighted by atomic mass is 31.2. The molecule has 12 heteroatoms. The average Bonchev–Trinajstić information content (AvgIpc) is 3.31. The number of carbonyl (C=O) groups excluding carboxylic acids is 2. The third-order valence-corrected chi connectivity index (χ3v) is 10.3. The Hall–Kier alpha value is -2.88. The van der Waals surface area contributed by atoms with Crippen molar-refractivity contribution in [2.24, 2.45) is 0 Å². The summed E-state index contributed by atoms with van der Waals surface area (Å²) in [6.45, 7) is 12.9. The van der Waals surface area contributed by atoms with Gasteiger partial charge in [-0.3, -0.25) is 14.3 Å². The molecule has 1 N–H and O–H groups in total. The van der Waals surface area contributed by atoms with E-state index in [1.165, 1.54) is 0 Å². The maximum Gasteiger partial charge on any atom is 0.419 e. The van der Waals surface area contributed by atoms with E-state index in [9.17, 15) is 24.1 Å². The van der Waals surface area contributed by atoms with Gasteiger partial charge in [0.05, 0.1) is 12.9 Å². The standard InChI is InChI=1S/C30H45N2O9P/c1-8-39-42(37)18-16-31(20-22-11-12-24-23(19-22)13-17-38-24)21-30(42,25(33)34)14-9-10-15-32(26(35)40-28(2,3)4)27(36)41-29(5,6)7/h11-13,17,19H,8-10,14-16,18,20-21H2,1-7H3,(H,33,34). The molecule has 42 heavy (non-hydrogen) atoms.